The van der Waals surface area contributed by atoms with Crippen molar-refractivity contribution >= 4 is 61.3 Å². The third-order valence-corrected chi connectivity index (χ3v) is 10.5. The van der Waals surface area contributed by atoms with Gasteiger partial charge in [0.2, 0.25) is 15.9 Å². The molecule has 1 aliphatic heterocycles. The zero-order valence-corrected chi connectivity index (χ0v) is 22.0. The average molecular weight is 531 g/mol. The van der Waals surface area contributed by atoms with Gasteiger partial charge in [-0.1, -0.05) is 19.3 Å². The lowest BCUT2D eigenvalue weighted by molar-refractivity contribution is -0.142. The van der Waals surface area contributed by atoms with E-state index in [1.165, 1.54) is 24.2 Å². The molecule has 2 N–H and O–H groups in total. The van der Waals surface area contributed by atoms with Crippen LogP contribution in [0.5, 0.6) is 0 Å². The molecule has 0 spiro atoms. The number of carbonyl (C=O) groups is 2. The number of anilines is 1. The second kappa shape index (κ2) is 9.39. The number of nitrogens with one attached hydrogen (secondary N) is 1. The van der Waals surface area contributed by atoms with Gasteiger partial charge in [0.25, 0.3) is 0 Å². The lowest BCUT2D eigenvalue weighted by Gasteiger charge is -2.42. The maximum atomic E-state index is 13.6. The number of sulfonamides is 1. The fourth-order valence-corrected chi connectivity index (χ4v) is 8.49. The summed E-state index contributed by atoms with van der Waals surface area (Å²) in [6.07, 6.45) is 5.15. The summed E-state index contributed by atoms with van der Waals surface area (Å²) in [5, 5.41) is 14.2. The Labute approximate surface area is 214 Å². The van der Waals surface area contributed by atoms with Crippen molar-refractivity contribution in [1.82, 2.24) is 4.31 Å². The number of hydrogen-bond acceptors (Lipinski definition) is 6. The maximum Gasteiger partial charge on any atom is 0.323 e. The molecule has 1 aliphatic carbocycles. The van der Waals surface area contributed by atoms with E-state index in [4.69, 9.17) is 4.42 Å². The van der Waals surface area contributed by atoms with Crippen LogP contribution in [0.25, 0.3) is 21.9 Å². The highest BCUT2D eigenvalue weighted by Crippen LogP contribution is 2.39. The summed E-state index contributed by atoms with van der Waals surface area (Å²) in [6, 6.07) is 8.80. The van der Waals surface area contributed by atoms with Crippen molar-refractivity contribution in [3.8, 4) is 0 Å². The molecular formula is C26H30N2O6S2. The van der Waals surface area contributed by atoms with Crippen LogP contribution in [-0.2, 0) is 19.6 Å². The Bertz CT molecular complexity index is 1440. The maximum absolute atomic E-state index is 13.6. The van der Waals surface area contributed by atoms with Crippen LogP contribution >= 0.6 is 11.8 Å². The Hall–Kier alpha value is -2.56. The van der Waals surface area contributed by atoms with Gasteiger partial charge in [0.1, 0.15) is 17.2 Å². The Kier molecular flexibility index (Phi) is 6.55. The van der Waals surface area contributed by atoms with Crippen LogP contribution in [0.4, 0.5) is 5.69 Å². The van der Waals surface area contributed by atoms with Crippen molar-refractivity contribution in [3.05, 3.63) is 36.4 Å². The van der Waals surface area contributed by atoms with Gasteiger partial charge >= 0.3 is 5.97 Å². The van der Waals surface area contributed by atoms with E-state index in [-0.39, 0.29) is 23.3 Å². The second-order valence-corrected chi connectivity index (χ2v) is 13.7. The van der Waals surface area contributed by atoms with Crippen molar-refractivity contribution in [2.75, 3.05) is 17.6 Å². The van der Waals surface area contributed by atoms with Gasteiger partial charge in [0, 0.05) is 45.5 Å². The Morgan fingerprint density at radius 2 is 1.81 bits per heavy atom. The highest BCUT2D eigenvalue weighted by molar-refractivity contribution is 8.00. The van der Waals surface area contributed by atoms with Crippen LogP contribution in [0.15, 0.2) is 45.7 Å². The molecule has 1 amide bonds. The fraction of sp³-hybridized carbons (Fsp3) is 0.462. The molecule has 1 saturated carbocycles. The van der Waals surface area contributed by atoms with E-state index in [0.29, 0.717) is 28.0 Å². The fourth-order valence-electron chi connectivity index (χ4n) is 5.37. The molecule has 8 nitrogen and oxygen atoms in total. The van der Waals surface area contributed by atoms with Gasteiger partial charge in [-0.3, -0.25) is 9.59 Å². The van der Waals surface area contributed by atoms with Crippen molar-refractivity contribution in [3.63, 3.8) is 0 Å². The van der Waals surface area contributed by atoms with E-state index in [1.807, 2.05) is 6.07 Å². The standard InChI is InChI=1S/C26H30N2O6S2/c1-26(2)23(25(30)31)28(12-13-35-26)36(32,33)18-9-11-21-20(15-18)19-10-8-17(14-22(19)34-21)27-24(29)16-6-4-3-5-7-16/h8-11,14-16,23H,3-7,12-13H2,1-2H3,(H,27,29)(H,30,31). The third-order valence-electron chi connectivity index (χ3n) is 7.26. The van der Waals surface area contributed by atoms with Gasteiger partial charge in [-0.2, -0.15) is 16.1 Å². The number of rotatable bonds is 5. The molecule has 3 aromatic rings. The normalized spacial score (nSPS) is 21.6. The monoisotopic (exact) mass is 530 g/mol. The highest BCUT2D eigenvalue weighted by atomic mass is 32.2. The number of aliphatic carboxylic acids is 1. The van der Waals surface area contributed by atoms with Crippen LogP contribution in [0.2, 0.25) is 0 Å². The number of carboxylic acid groups (broad SMARTS) is 1. The molecule has 192 valence electrons. The number of amides is 1. The van der Waals surface area contributed by atoms with Gasteiger partial charge < -0.3 is 14.8 Å². The summed E-state index contributed by atoms with van der Waals surface area (Å²) in [7, 11) is -4.06. The number of benzene rings is 2. The molecule has 2 aliphatic rings. The molecular weight excluding hydrogens is 500 g/mol. The molecule has 5 rings (SSSR count). The largest absolute Gasteiger partial charge is 0.480 e. The lowest BCUT2D eigenvalue weighted by Crippen LogP contribution is -2.58. The third kappa shape index (κ3) is 4.50. The molecule has 2 aromatic carbocycles. The Morgan fingerprint density at radius 3 is 2.53 bits per heavy atom. The number of hydrogen-bond donors (Lipinski definition) is 2. The molecule has 1 atom stereocenters. The van der Waals surface area contributed by atoms with Crippen LogP contribution < -0.4 is 5.32 Å². The van der Waals surface area contributed by atoms with E-state index in [2.05, 4.69) is 5.32 Å². The zero-order valence-electron chi connectivity index (χ0n) is 20.3. The summed E-state index contributed by atoms with van der Waals surface area (Å²) in [4.78, 5) is 24.7. The van der Waals surface area contributed by atoms with Crippen molar-refractivity contribution in [1.29, 1.82) is 0 Å². The summed E-state index contributed by atoms with van der Waals surface area (Å²) in [5.41, 5.74) is 1.70. The van der Waals surface area contributed by atoms with Gasteiger partial charge in [-0.15, -0.1) is 0 Å². The van der Waals surface area contributed by atoms with Crippen LogP contribution in [0, 0.1) is 5.92 Å². The minimum atomic E-state index is -4.06. The van der Waals surface area contributed by atoms with Gasteiger partial charge in [0.15, 0.2) is 0 Å². The van der Waals surface area contributed by atoms with Gasteiger partial charge in [0.05, 0.1) is 4.90 Å². The molecule has 2 heterocycles. The number of nitrogens with zero attached hydrogens (tertiary/aromatic N) is 1. The SMILES string of the molecule is CC1(C)SCCN(S(=O)(=O)c2ccc3oc4cc(NC(=O)C5CCCCC5)ccc4c3c2)C1C(=O)O. The minimum Gasteiger partial charge on any atom is -0.480 e. The first-order chi connectivity index (χ1) is 17.1. The number of carbonyl (C=O) groups excluding carboxylic acids is 1. The van der Waals surface area contributed by atoms with Gasteiger partial charge in [-0.25, -0.2) is 8.42 Å². The van der Waals surface area contributed by atoms with Crippen LogP contribution in [-0.4, -0.2) is 52.8 Å². The van der Waals surface area contributed by atoms with Crippen molar-refractivity contribution in [2.45, 2.75) is 61.6 Å². The predicted octanol–water partition coefficient (Wildman–Crippen LogP) is 5.07. The summed E-state index contributed by atoms with van der Waals surface area (Å²) >= 11 is 1.46. The molecule has 36 heavy (non-hydrogen) atoms. The first-order valence-electron chi connectivity index (χ1n) is 12.2. The van der Waals surface area contributed by atoms with E-state index in [0.717, 1.165) is 35.4 Å². The molecule has 10 heteroatoms. The zero-order chi connectivity index (χ0) is 25.7. The topological polar surface area (TPSA) is 117 Å². The van der Waals surface area contributed by atoms with E-state index >= 15 is 0 Å². The number of fused-ring (bicyclic) bond motifs is 3. The average Bonchev–Trinajstić information content (AvgIpc) is 3.20. The number of thioether (sulfide) groups is 1. The van der Waals surface area contributed by atoms with E-state index in [9.17, 15) is 23.1 Å². The molecule has 1 saturated heterocycles. The molecule has 2 fully saturated rings. The Balaban J connectivity index is 1.47. The van der Waals surface area contributed by atoms with Gasteiger partial charge in [-0.05, 0) is 57.0 Å². The van der Waals surface area contributed by atoms with E-state index < -0.39 is 26.8 Å². The number of furan rings is 1. The smallest absolute Gasteiger partial charge is 0.323 e. The highest BCUT2D eigenvalue weighted by Gasteiger charge is 2.48. The summed E-state index contributed by atoms with van der Waals surface area (Å²) in [5.74, 6) is -0.587. The minimum absolute atomic E-state index is 0.0224. The lowest BCUT2D eigenvalue weighted by atomic mass is 9.88. The second-order valence-electron chi connectivity index (χ2n) is 10.1. The summed E-state index contributed by atoms with van der Waals surface area (Å²) < 4.78 is 33.5. The van der Waals surface area contributed by atoms with Crippen molar-refractivity contribution < 1.29 is 27.5 Å². The number of carboxylic acids is 1. The summed E-state index contributed by atoms with van der Waals surface area (Å²) in [6.45, 7) is 3.65. The Morgan fingerprint density at radius 1 is 1.06 bits per heavy atom. The van der Waals surface area contributed by atoms with Crippen LogP contribution in [0.3, 0.4) is 0 Å². The molecule has 1 unspecified atom stereocenters. The van der Waals surface area contributed by atoms with Crippen molar-refractivity contribution in [2.24, 2.45) is 5.92 Å². The quantitative estimate of drug-likeness (QED) is 0.473. The first-order valence-corrected chi connectivity index (χ1v) is 14.7. The first kappa shape index (κ1) is 25.1. The van der Waals surface area contributed by atoms with E-state index in [1.54, 1.807) is 38.1 Å². The molecule has 0 radical (unpaired) electrons. The van der Waals surface area contributed by atoms with Crippen LogP contribution in [0.1, 0.15) is 46.0 Å². The molecule has 1 aromatic heterocycles. The molecule has 0 bridgehead atoms. The predicted molar refractivity (Wildman–Crippen MR) is 141 cm³/mol.